The van der Waals surface area contributed by atoms with E-state index in [4.69, 9.17) is 0 Å². The Morgan fingerprint density at radius 2 is 1.95 bits per heavy atom. The molecule has 0 fully saturated rings. The third kappa shape index (κ3) is 6.71. The average molecular weight is 528 g/mol. The molecule has 2 heterocycles. The molecular weight excluding hydrogens is 498 g/mol. The number of amides is 1. The smallest absolute Gasteiger partial charge is 0.323 e. The van der Waals surface area contributed by atoms with E-state index in [2.05, 4.69) is 36.2 Å². The summed E-state index contributed by atoms with van der Waals surface area (Å²) >= 11 is 0. The first-order valence-electron chi connectivity index (χ1n) is 11.8. The zero-order valence-electron chi connectivity index (χ0n) is 19.9. The number of aliphatic carboxylic acids is 1. The number of benzene rings is 2. The quantitative estimate of drug-likeness (QED) is 0.163. The number of hydrogen-bond donors (Lipinski definition) is 7. The average Bonchev–Trinajstić information content (AvgIpc) is 3.33. The fourth-order valence-corrected chi connectivity index (χ4v) is 5.11. The highest BCUT2D eigenvalue weighted by Gasteiger charge is 2.26. The molecule has 3 aromatic rings. The van der Waals surface area contributed by atoms with Crippen LogP contribution in [0, 0.1) is 0 Å². The first kappa shape index (κ1) is 26.3. The van der Waals surface area contributed by atoms with Gasteiger partial charge in [0.2, 0.25) is 10.0 Å². The van der Waals surface area contributed by atoms with Gasteiger partial charge in [0.15, 0.2) is 0 Å². The second-order valence-electron chi connectivity index (χ2n) is 8.41. The van der Waals surface area contributed by atoms with Crippen molar-refractivity contribution >= 4 is 32.8 Å². The van der Waals surface area contributed by atoms with Crippen LogP contribution in [0.25, 0.3) is 10.9 Å². The van der Waals surface area contributed by atoms with Gasteiger partial charge in [0.25, 0.3) is 5.91 Å². The van der Waals surface area contributed by atoms with E-state index in [0.29, 0.717) is 11.9 Å². The number of H-pyrrole nitrogens is 1. The van der Waals surface area contributed by atoms with E-state index >= 15 is 0 Å². The summed E-state index contributed by atoms with van der Waals surface area (Å²) in [6.07, 6.45) is 5.46. The van der Waals surface area contributed by atoms with Crippen LogP contribution in [0.15, 0.2) is 65.7 Å². The third-order valence-corrected chi connectivity index (χ3v) is 7.28. The molecule has 1 aliphatic rings. The van der Waals surface area contributed by atoms with Gasteiger partial charge in [0, 0.05) is 24.2 Å². The second kappa shape index (κ2) is 12.0. The lowest BCUT2D eigenvalue weighted by Gasteiger charge is -2.22. The van der Waals surface area contributed by atoms with Crippen LogP contribution < -0.4 is 26.0 Å². The number of aromatic nitrogens is 2. The van der Waals surface area contributed by atoms with Crippen LogP contribution in [0.2, 0.25) is 0 Å². The van der Waals surface area contributed by atoms with E-state index in [1.54, 1.807) is 18.2 Å². The second-order valence-corrected chi connectivity index (χ2v) is 10.1. The Bertz CT molecular complexity index is 1370. The highest BCUT2D eigenvalue weighted by Crippen LogP contribution is 2.21. The number of carboxylic acids is 1. The van der Waals surface area contributed by atoms with Gasteiger partial charge in [-0.3, -0.25) is 25.3 Å². The molecule has 37 heavy (non-hydrogen) atoms. The monoisotopic (exact) mass is 527 g/mol. The summed E-state index contributed by atoms with van der Waals surface area (Å²) in [7, 11) is -4.08. The van der Waals surface area contributed by atoms with Gasteiger partial charge in [-0.25, -0.2) is 8.42 Å². The molecule has 1 aromatic heterocycles. The molecule has 196 valence electrons. The third-order valence-electron chi connectivity index (χ3n) is 5.80. The van der Waals surface area contributed by atoms with Crippen molar-refractivity contribution in [3.05, 3.63) is 72.1 Å². The van der Waals surface area contributed by atoms with Crippen molar-refractivity contribution in [3.63, 3.8) is 0 Å². The summed E-state index contributed by atoms with van der Waals surface area (Å²) in [6.45, 7) is 1.11. The normalized spacial score (nSPS) is 16.3. The summed E-state index contributed by atoms with van der Waals surface area (Å²) in [5.74, 6) is -1.97. The van der Waals surface area contributed by atoms with Crippen molar-refractivity contribution in [2.24, 2.45) is 0 Å². The molecule has 13 heteroatoms. The van der Waals surface area contributed by atoms with Gasteiger partial charge < -0.3 is 15.7 Å². The lowest BCUT2D eigenvalue weighted by Crippen LogP contribution is -2.53. The number of nitrogens with one attached hydrogen (secondary N) is 6. The van der Waals surface area contributed by atoms with Gasteiger partial charge >= 0.3 is 5.97 Å². The topological polar surface area (TPSA) is 177 Å². The minimum absolute atomic E-state index is 0.0191. The van der Waals surface area contributed by atoms with Crippen molar-refractivity contribution in [1.82, 2.24) is 36.2 Å². The molecule has 2 unspecified atom stereocenters. The highest BCUT2D eigenvalue weighted by molar-refractivity contribution is 7.89. The predicted octanol–water partition coefficient (Wildman–Crippen LogP) is 0.237. The molecule has 0 radical (unpaired) electrons. The Morgan fingerprint density at radius 1 is 1.14 bits per heavy atom. The lowest BCUT2D eigenvalue weighted by atomic mass is 10.1. The van der Waals surface area contributed by atoms with Gasteiger partial charge in [0.05, 0.1) is 10.5 Å². The van der Waals surface area contributed by atoms with E-state index in [1.165, 1.54) is 24.3 Å². The number of carbonyl (C=O) groups is 2. The number of fused-ring (bicyclic) bond motifs is 1. The summed E-state index contributed by atoms with van der Waals surface area (Å²) < 4.78 is 27.2. The SMILES string of the molecule is O=C(NCC(NS(=O)(=O)c1ccccc1)C(=O)O)c1cccc2c(CCCNC3NC=CCN3)[nH]nc12. The van der Waals surface area contributed by atoms with Crippen molar-refractivity contribution in [2.75, 3.05) is 19.6 Å². The molecule has 0 spiro atoms. The molecular formula is C24H29N7O5S. The minimum atomic E-state index is -4.08. The maximum atomic E-state index is 12.9. The van der Waals surface area contributed by atoms with Crippen LogP contribution in [0.5, 0.6) is 0 Å². The van der Waals surface area contributed by atoms with Crippen molar-refractivity contribution in [2.45, 2.75) is 30.1 Å². The Labute approximate surface area is 214 Å². The fourth-order valence-electron chi connectivity index (χ4n) is 3.90. The van der Waals surface area contributed by atoms with Crippen LogP contribution in [0.3, 0.4) is 0 Å². The molecule has 1 aliphatic heterocycles. The zero-order valence-corrected chi connectivity index (χ0v) is 20.7. The number of aryl methyl sites for hydroxylation is 1. The lowest BCUT2D eigenvalue weighted by molar-refractivity contribution is -0.138. The molecule has 0 saturated carbocycles. The molecule has 4 rings (SSSR count). The molecule has 0 bridgehead atoms. The van der Waals surface area contributed by atoms with E-state index in [-0.39, 0.29) is 16.7 Å². The number of carboxylic acid groups (broad SMARTS) is 1. The number of rotatable bonds is 12. The van der Waals surface area contributed by atoms with E-state index in [0.717, 1.165) is 30.6 Å². The molecule has 12 nitrogen and oxygen atoms in total. The van der Waals surface area contributed by atoms with Crippen LogP contribution in [-0.4, -0.2) is 67.6 Å². The van der Waals surface area contributed by atoms with Gasteiger partial charge in [0.1, 0.15) is 17.8 Å². The summed E-state index contributed by atoms with van der Waals surface area (Å²) in [4.78, 5) is 24.5. The molecule has 0 aliphatic carbocycles. The maximum absolute atomic E-state index is 12.9. The fraction of sp³-hybridized carbons (Fsp3) is 0.292. The van der Waals surface area contributed by atoms with Crippen molar-refractivity contribution < 1.29 is 23.1 Å². The van der Waals surface area contributed by atoms with Crippen LogP contribution in [0.4, 0.5) is 0 Å². The summed E-state index contributed by atoms with van der Waals surface area (Å²) in [5.41, 5.74) is 1.60. The van der Waals surface area contributed by atoms with E-state index < -0.39 is 34.5 Å². The first-order chi connectivity index (χ1) is 17.8. The number of carbonyl (C=O) groups excluding carboxylic acids is 1. The van der Waals surface area contributed by atoms with Gasteiger partial charge in [-0.2, -0.15) is 9.82 Å². The number of para-hydroxylation sites is 1. The molecule has 0 saturated heterocycles. The van der Waals surface area contributed by atoms with Crippen LogP contribution in [0.1, 0.15) is 22.5 Å². The largest absolute Gasteiger partial charge is 0.480 e. The number of sulfonamides is 1. The van der Waals surface area contributed by atoms with Gasteiger partial charge in [-0.05, 0) is 43.8 Å². The minimum Gasteiger partial charge on any atom is -0.480 e. The molecule has 7 N–H and O–H groups in total. The van der Waals surface area contributed by atoms with Gasteiger partial charge in [-0.1, -0.05) is 36.4 Å². The van der Waals surface area contributed by atoms with Gasteiger partial charge in [-0.15, -0.1) is 0 Å². The zero-order chi connectivity index (χ0) is 26.3. The summed E-state index contributed by atoms with van der Waals surface area (Å²) in [6, 6.07) is 11.0. The Morgan fingerprint density at radius 3 is 2.68 bits per heavy atom. The van der Waals surface area contributed by atoms with E-state index in [1.807, 2.05) is 18.3 Å². The Hall–Kier alpha value is -3.78. The maximum Gasteiger partial charge on any atom is 0.323 e. The van der Waals surface area contributed by atoms with Crippen LogP contribution in [-0.2, 0) is 21.2 Å². The number of aromatic amines is 1. The van der Waals surface area contributed by atoms with E-state index in [9.17, 15) is 23.1 Å². The van der Waals surface area contributed by atoms with Crippen molar-refractivity contribution in [3.8, 4) is 0 Å². The highest BCUT2D eigenvalue weighted by atomic mass is 32.2. The Kier molecular flexibility index (Phi) is 8.50. The standard InChI is InChI=1S/C24H29N7O5S/c32-22(28-15-20(23(33)34)31-37(35,36)16-7-2-1-3-8-16)18-10-4-9-17-19(29-30-21(17)18)11-5-12-25-24-26-13-6-14-27-24/h1-4,6-10,13,20,24-27,31H,5,11-12,14-15H2,(H,28,32)(H,29,30)(H,33,34). The number of hydrogen-bond acceptors (Lipinski definition) is 8. The predicted molar refractivity (Wildman–Crippen MR) is 137 cm³/mol. The van der Waals surface area contributed by atoms with Crippen LogP contribution >= 0.6 is 0 Å². The molecule has 1 amide bonds. The molecule has 2 aromatic carbocycles. The first-order valence-corrected chi connectivity index (χ1v) is 13.3. The molecule has 2 atom stereocenters. The Balaban J connectivity index is 1.37. The number of nitrogens with zero attached hydrogens (tertiary/aromatic N) is 1. The van der Waals surface area contributed by atoms with Crippen molar-refractivity contribution in [1.29, 1.82) is 0 Å². The summed E-state index contributed by atoms with van der Waals surface area (Å²) in [5, 5.41) is 29.9.